The maximum absolute atomic E-state index is 10.9. The minimum Gasteiger partial charge on any atom is -0.480 e. The summed E-state index contributed by atoms with van der Waals surface area (Å²) in [6.45, 7) is 0. The van der Waals surface area contributed by atoms with E-state index in [0.717, 1.165) is 0 Å². The fourth-order valence-corrected chi connectivity index (χ4v) is 2.10. The van der Waals surface area contributed by atoms with Gasteiger partial charge in [0.1, 0.15) is 0 Å². The molecule has 4 N–H and O–H groups in total. The van der Waals surface area contributed by atoms with Crippen LogP contribution in [0, 0.1) is 5.92 Å². The van der Waals surface area contributed by atoms with Crippen molar-refractivity contribution < 1.29 is 24.6 Å². The molecule has 0 amide bonds. The highest BCUT2D eigenvalue weighted by Crippen LogP contribution is 2.40. The van der Waals surface area contributed by atoms with Crippen molar-refractivity contribution in [1.29, 1.82) is 0 Å². The lowest BCUT2D eigenvalue weighted by molar-refractivity contribution is -0.148. The number of rotatable bonds is 2. The molecule has 1 aliphatic heterocycles. The second kappa shape index (κ2) is 2.93. The summed E-state index contributed by atoms with van der Waals surface area (Å²) < 4.78 is 0. The Morgan fingerprint density at radius 3 is 2.73 bits per heavy atom. The monoisotopic (exact) mass is 214 g/mol. The van der Waals surface area contributed by atoms with E-state index in [1.165, 1.54) is 0 Å². The number of hydrogen-bond donors (Lipinski definition) is 3. The van der Waals surface area contributed by atoms with E-state index in [-0.39, 0.29) is 12.1 Å². The van der Waals surface area contributed by atoms with Gasteiger partial charge in [-0.15, -0.1) is 0 Å². The van der Waals surface area contributed by atoms with Gasteiger partial charge in [-0.25, -0.2) is 4.79 Å². The summed E-state index contributed by atoms with van der Waals surface area (Å²) >= 11 is 0. The number of carboxylic acid groups (broad SMARTS) is 2. The van der Waals surface area contributed by atoms with E-state index in [2.05, 4.69) is 5.16 Å². The number of nitrogens with zero attached hydrogens (tertiary/aromatic N) is 1. The van der Waals surface area contributed by atoms with Gasteiger partial charge in [0.05, 0.1) is 5.92 Å². The predicted molar refractivity (Wildman–Crippen MR) is 47.2 cm³/mol. The maximum Gasteiger partial charge on any atom is 0.354 e. The summed E-state index contributed by atoms with van der Waals surface area (Å²) in [6, 6.07) is 0. The quantitative estimate of drug-likeness (QED) is 0.542. The fraction of sp³-hybridized carbons (Fsp3) is 0.625. The van der Waals surface area contributed by atoms with Crippen molar-refractivity contribution in [3.8, 4) is 0 Å². The zero-order chi connectivity index (χ0) is 11.2. The van der Waals surface area contributed by atoms with Gasteiger partial charge in [-0.3, -0.25) is 4.79 Å². The number of carbonyl (C=O) groups is 2. The average Bonchev–Trinajstić information content (AvgIpc) is 2.67. The SMILES string of the molecule is N[C@@]1(C(=O)O)CC[C@@H]2C(C(=O)O)=NO[C@@H]21. The van der Waals surface area contributed by atoms with Crippen LogP contribution in [0.15, 0.2) is 5.16 Å². The highest BCUT2D eigenvalue weighted by Gasteiger charge is 2.58. The van der Waals surface area contributed by atoms with E-state index in [9.17, 15) is 9.59 Å². The van der Waals surface area contributed by atoms with E-state index in [0.29, 0.717) is 6.42 Å². The van der Waals surface area contributed by atoms with E-state index < -0.39 is 29.5 Å². The van der Waals surface area contributed by atoms with Crippen molar-refractivity contribution in [3.05, 3.63) is 0 Å². The molecule has 1 fully saturated rings. The summed E-state index contributed by atoms with van der Waals surface area (Å²) in [7, 11) is 0. The minimum absolute atomic E-state index is 0.131. The number of oxime groups is 1. The van der Waals surface area contributed by atoms with Crippen molar-refractivity contribution in [3.63, 3.8) is 0 Å². The average molecular weight is 214 g/mol. The Bertz CT molecular complexity index is 366. The molecule has 0 radical (unpaired) electrons. The van der Waals surface area contributed by atoms with E-state index >= 15 is 0 Å². The minimum atomic E-state index is -1.52. The molecule has 7 heteroatoms. The van der Waals surface area contributed by atoms with Gasteiger partial charge >= 0.3 is 11.9 Å². The van der Waals surface area contributed by atoms with Gasteiger partial charge < -0.3 is 20.8 Å². The van der Waals surface area contributed by atoms with Crippen molar-refractivity contribution >= 4 is 17.7 Å². The van der Waals surface area contributed by atoms with E-state index in [4.69, 9.17) is 20.8 Å². The molecule has 0 aromatic rings. The largest absolute Gasteiger partial charge is 0.480 e. The van der Waals surface area contributed by atoms with Gasteiger partial charge in [0.15, 0.2) is 17.4 Å². The van der Waals surface area contributed by atoms with Gasteiger partial charge in [-0.05, 0) is 12.8 Å². The van der Waals surface area contributed by atoms with Crippen LogP contribution in [-0.2, 0) is 14.4 Å². The van der Waals surface area contributed by atoms with Crippen LogP contribution < -0.4 is 5.73 Å². The van der Waals surface area contributed by atoms with Crippen LogP contribution in [-0.4, -0.2) is 39.5 Å². The molecular formula is C8H10N2O5. The number of hydrogen-bond acceptors (Lipinski definition) is 5. The molecule has 82 valence electrons. The lowest BCUT2D eigenvalue weighted by Gasteiger charge is -2.23. The van der Waals surface area contributed by atoms with Gasteiger partial charge in [-0.2, -0.15) is 0 Å². The van der Waals surface area contributed by atoms with Crippen LogP contribution in [0.3, 0.4) is 0 Å². The third kappa shape index (κ3) is 1.19. The van der Waals surface area contributed by atoms with E-state index in [1.807, 2.05) is 0 Å². The molecule has 2 rings (SSSR count). The summed E-state index contributed by atoms with van der Waals surface area (Å²) in [5, 5.41) is 21.1. The molecular weight excluding hydrogens is 204 g/mol. The second-order valence-electron chi connectivity index (χ2n) is 3.80. The standard InChI is InChI=1S/C8H10N2O5/c9-8(7(13)14)2-1-3-4(6(11)12)10-15-5(3)8/h3,5H,1-2,9H2,(H,11,12)(H,13,14)/t3-,5+,8+/m1/s1. The Morgan fingerprint density at radius 2 is 2.20 bits per heavy atom. The van der Waals surface area contributed by atoms with Gasteiger partial charge in [0, 0.05) is 0 Å². The highest BCUT2D eigenvalue weighted by molar-refractivity contribution is 6.37. The Hall–Kier alpha value is -1.63. The topological polar surface area (TPSA) is 122 Å². The van der Waals surface area contributed by atoms with Gasteiger partial charge in [0.25, 0.3) is 0 Å². The number of fused-ring (bicyclic) bond motifs is 1. The predicted octanol–water partition coefficient (Wildman–Crippen LogP) is -0.982. The molecule has 0 aromatic carbocycles. The lowest BCUT2D eigenvalue weighted by Crippen LogP contribution is -2.55. The molecule has 1 heterocycles. The van der Waals surface area contributed by atoms with Crippen molar-refractivity contribution in [2.45, 2.75) is 24.5 Å². The number of carboxylic acids is 2. The lowest BCUT2D eigenvalue weighted by atomic mass is 9.92. The molecule has 1 saturated carbocycles. The number of nitrogens with two attached hydrogens (primary N) is 1. The summed E-state index contributed by atoms with van der Waals surface area (Å²) in [5.74, 6) is -2.88. The molecule has 15 heavy (non-hydrogen) atoms. The van der Waals surface area contributed by atoms with Crippen molar-refractivity contribution in [2.24, 2.45) is 16.8 Å². The molecule has 1 aliphatic carbocycles. The highest BCUT2D eigenvalue weighted by atomic mass is 16.6. The third-order valence-corrected chi connectivity index (χ3v) is 2.98. The molecule has 0 unspecified atom stereocenters. The van der Waals surface area contributed by atoms with E-state index in [1.54, 1.807) is 0 Å². The van der Waals surface area contributed by atoms with Crippen LogP contribution in [0.1, 0.15) is 12.8 Å². The molecule has 0 bridgehead atoms. The Labute approximate surface area is 84.5 Å². The number of aliphatic carboxylic acids is 2. The maximum atomic E-state index is 10.9. The third-order valence-electron chi connectivity index (χ3n) is 2.98. The zero-order valence-corrected chi connectivity index (χ0v) is 7.71. The molecule has 2 aliphatic rings. The Kier molecular flexibility index (Phi) is 1.93. The zero-order valence-electron chi connectivity index (χ0n) is 7.71. The smallest absolute Gasteiger partial charge is 0.354 e. The Balaban J connectivity index is 2.26. The molecule has 0 spiro atoms. The van der Waals surface area contributed by atoms with Crippen molar-refractivity contribution in [2.75, 3.05) is 0 Å². The van der Waals surface area contributed by atoms with Crippen LogP contribution >= 0.6 is 0 Å². The first kappa shape index (κ1) is 9.91. The molecule has 0 aromatic heterocycles. The summed E-state index contributed by atoms with van der Waals surface area (Å²) in [5.41, 5.74) is 4.01. The first-order valence-corrected chi connectivity index (χ1v) is 4.46. The summed E-state index contributed by atoms with van der Waals surface area (Å²) in [6.07, 6.45) is -0.288. The second-order valence-corrected chi connectivity index (χ2v) is 3.80. The van der Waals surface area contributed by atoms with Crippen LogP contribution in [0.5, 0.6) is 0 Å². The normalized spacial score (nSPS) is 38.1. The van der Waals surface area contributed by atoms with Crippen LogP contribution in [0.25, 0.3) is 0 Å². The Morgan fingerprint density at radius 1 is 1.53 bits per heavy atom. The van der Waals surface area contributed by atoms with Gasteiger partial charge in [-0.1, -0.05) is 5.16 Å². The van der Waals surface area contributed by atoms with Gasteiger partial charge in [0.2, 0.25) is 0 Å². The molecule has 7 nitrogen and oxygen atoms in total. The van der Waals surface area contributed by atoms with Crippen LogP contribution in [0.4, 0.5) is 0 Å². The first-order valence-electron chi connectivity index (χ1n) is 4.46. The summed E-state index contributed by atoms with van der Waals surface area (Å²) in [4.78, 5) is 26.5. The van der Waals surface area contributed by atoms with Crippen molar-refractivity contribution in [1.82, 2.24) is 0 Å². The molecule has 0 saturated heterocycles. The fourth-order valence-electron chi connectivity index (χ4n) is 2.10. The molecule has 3 atom stereocenters. The first-order chi connectivity index (χ1) is 6.97. The van der Waals surface area contributed by atoms with Crippen LogP contribution in [0.2, 0.25) is 0 Å².